The van der Waals surface area contributed by atoms with Gasteiger partial charge in [-0.15, -0.1) is 0 Å². The zero-order valence-corrected chi connectivity index (χ0v) is 17.8. The van der Waals surface area contributed by atoms with Crippen molar-refractivity contribution in [1.82, 2.24) is 14.9 Å². The highest BCUT2D eigenvalue weighted by Crippen LogP contribution is 2.28. The van der Waals surface area contributed by atoms with Crippen LogP contribution in [-0.2, 0) is 14.3 Å². The maximum Gasteiger partial charge on any atom is 0.407 e. The summed E-state index contributed by atoms with van der Waals surface area (Å²) in [5.74, 6) is -0.774. The van der Waals surface area contributed by atoms with Gasteiger partial charge in [0, 0.05) is 18.4 Å². The first-order valence-electron chi connectivity index (χ1n) is 9.85. The molecule has 1 amide bonds. The van der Waals surface area contributed by atoms with Gasteiger partial charge >= 0.3 is 12.1 Å². The number of methoxy groups -OCH3 is 1. The third kappa shape index (κ3) is 6.93. The SMILES string of the molecule is COC(=O)C(c1cn(-c2ccccc2)cn1)[C@H](C)CCCNC(=O)OC(C)(C)C. The Morgan fingerprint density at radius 3 is 2.52 bits per heavy atom. The van der Waals surface area contributed by atoms with Crippen LogP contribution >= 0.6 is 0 Å². The summed E-state index contributed by atoms with van der Waals surface area (Å²) in [5.41, 5.74) is 1.13. The molecule has 1 aromatic carbocycles. The normalized spacial score (nSPS) is 13.4. The van der Waals surface area contributed by atoms with Gasteiger partial charge in [-0.3, -0.25) is 4.79 Å². The Hall–Kier alpha value is -2.83. The fraction of sp³-hybridized carbons (Fsp3) is 0.500. The minimum Gasteiger partial charge on any atom is -0.468 e. The second kappa shape index (κ2) is 10.1. The molecule has 0 saturated heterocycles. The highest BCUT2D eigenvalue weighted by atomic mass is 16.6. The number of alkyl carbamates (subject to hydrolysis) is 1. The molecule has 0 aliphatic carbocycles. The molecular formula is C22H31N3O4. The maximum atomic E-state index is 12.4. The van der Waals surface area contributed by atoms with E-state index in [1.54, 1.807) is 6.33 Å². The lowest BCUT2D eigenvalue weighted by molar-refractivity contribution is -0.143. The molecule has 2 aromatic rings. The van der Waals surface area contributed by atoms with Gasteiger partial charge in [-0.1, -0.05) is 25.1 Å². The number of ether oxygens (including phenoxy) is 2. The second-order valence-corrected chi connectivity index (χ2v) is 8.09. The smallest absolute Gasteiger partial charge is 0.407 e. The number of nitrogens with one attached hydrogen (secondary N) is 1. The minimum absolute atomic E-state index is 0.00186. The van der Waals surface area contributed by atoms with Gasteiger partial charge in [0.25, 0.3) is 0 Å². The molecule has 1 unspecified atom stereocenters. The predicted molar refractivity (Wildman–Crippen MR) is 111 cm³/mol. The summed E-state index contributed by atoms with van der Waals surface area (Å²) in [5, 5.41) is 2.75. The fourth-order valence-electron chi connectivity index (χ4n) is 3.11. The van der Waals surface area contributed by atoms with Gasteiger partial charge in [-0.2, -0.15) is 0 Å². The van der Waals surface area contributed by atoms with Crippen molar-refractivity contribution in [2.24, 2.45) is 5.92 Å². The van der Waals surface area contributed by atoms with Crippen LogP contribution in [0.15, 0.2) is 42.9 Å². The molecule has 0 bridgehead atoms. The van der Waals surface area contributed by atoms with Crippen molar-refractivity contribution >= 4 is 12.1 Å². The Balaban J connectivity index is 1.97. The summed E-state index contributed by atoms with van der Waals surface area (Å²) >= 11 is 0. The lowest BCUT2D eigenvalue weighted by atomic mass is 9.87. The van der Waals surface area contributed by atoms with E-state index in [1.807, 2.05) is 68.8 Å². The predicted octanol–water partition coefficient (Wildman–Crippen LogP) is 4.07. The van der Waals surface area contributed by atoms with Crippen molar-refractivity contribution in [1.29, 1.82) is 0 Å². The molecule has 7 nitrogen and oxygen atoms in total. The number of hydrogen-bond acceptors (Lipinski definition) is 5. The molecular weight excluding hydrogens is 370 g/mol. The molecule has 2 atom stereocenters. The molecule has 2 rings (SSSR count). The molecule has 7 heteroatoms. The van der Waals surface area contributed by atoms with Crippen molar-refractivity contribution in [2.75, 3.05) is 13.7 Å². The maximum absolute atomic E-state index is 12.4. The first kappa shape index (κ1) is 22.5. The van der Waals surface area contributed by atoms with Crippen LogP contribution in [0.5, 0.6) is 0 Å². The molecule has 0 aliphatic rings. The number of para-hydroxylation sites is 1. The number of amides is 1. The van der Waals surface area contributed by atoms with Crippen molar-refractivity contribution < 1.29 is 19.1 Å². The second-order valence-electron chi connectivity index (χ2n) is 8.09. The van der Waals surface area contributed by atoms with Crippen LogP contribution in [0.2, 0.25) is 0 Å². The fourth-order valence-corrected chi connectivity index (χ4v) is 3.11. The number of imidazole rings is 1. The van der Waals surface area contributed by atoms with Crippen molar-refractivity contribution in [3.8, 4) is 5.69 Å². The van der Waals surface area contributed by atoms with Gasteiger partial charge < -0.3 is 19.4 Å². The molecule has 0 fully saturated rings. The van der Waals surface area contributed by atoms with Crippen LogP contribution in [0.4, 0.5) is 4.79 Å². The van der Waals surface area contributed by atoms with Gasteiger partial charge in [0.1, 0.15) is 11.5 Å². The Kier molecular flexibility index (Phi) is 7.82. The van der Waals surface area contributed by atoms with Crippen LogP contribution in [0.1, 0.15) is 52.1 Å². The van der Waals surface area contributed by atoms with E-state index in [0.717, 1.165) is 12.1 Å². The number of nitrogens with zero attached hydrogens (tertiary/aromatic N) is 2. The summed E-state index contributed by atoms with van der Waals surface area (Å²) in [4.78, 5) is 28.6. The number of rotatable bonds is 8. The molecule has 0 radical (unpaired) electrons. The molecule has 29 heavy (non-hydrogen) atoms. The highest BCUT2D eigenvalue weighted by molar-refractivity contribution is 5.77. The number of esters is 1. The standard InChI is InChI=1S/C22H31N3O4/c1-16(10-9-13-23-21(27)29-22(2,3)4)19(20(26)28-5)18-14-25(15-24-18)17-11-7-6-8-12-17/h6-8,11-12,14-16,19H,9-10,13H2,1-5H3,(H,23,27)/t16-,19?/m1/s1. The average Bonchev–Trinajstić information content (AvgIpc) is 3.14. The quantitative estimate of drug-likeness (QED) is 0.533. The van der Waals surface area contributed by atoms with Crippen LogP contribution in [0.25, 0.3) is 5.69 Å². The van der Waals surface area contributed by atoms with Crippen LogP contribution < -0.4 is 5.32 Å². The third-order valence-electron chi connectivity index (χ3n) is 4.50. The molecule has 1 N–H and O–H groups in total. The van der Waals surface area contributed by atoms with Crippen LogP contribution in [0.3, 0.4) is 0 Å². The zero-order valence-electron chi connectivity index (χ0n) is 17.8. The Bertz CT molecular complexity index is 796. The zero-order chi connectivity index (χ0) is 21.4. The first-order valence-corrected chi connectivity index (χ1v) is 9.85. The molecule has 0 spiro atoms. The van der Waals surface area contributed by atoms with Gasteiger partial charge in [0.15, 0.2) is 0 Å². The summed E-state index contributed by atoms with van der Waals surface area (Å²) in [6.45, 7) is 7.95. The summed E-state index contributed by atoms with van der Waals surface area (Å²) in [7, 11) is 1.39. The van der Waals surface area contributed by atoms with E-state index in [2.05, 4.69) is 10.3 Å². The van der Waals surface area contributed by atoms with Crippen molar-refractivity contribution in [3.63, 3.8) is 0 Å². The van der Waals surface area contributed by atoms with E-state index in [9.17, 15) is 9.59 Å². The van der Waals surface area contributed by atoms with E-state index in [1.165, 1.54) is 7.11 Å². The van der Waals surface area contributed by atoms with Crippen molar-refractivity contribution in [2.45, 2.75) is 52.1 Å². The van der Waals surface area contributed by atoms with Gasteiger partial charge in [-0.05, 0) is 51.7 Å². The first-order chi connectivity index (χ1) is 13.7. The molecule has 0 saturated carbocycles. The van der Waals surface area contributed by atoms with E-state index in [4.69, 9.17) is 9.47 Å². The minimum atomic E-state index is -0.523. The number of carbonyl (C=O) groups is 2. The van der Waals surface area contributed by atoms with E-state index in [-0.39, 0.29) is 11.9 Å². The van der Waals surface area contributed by atoms with Gasteiger partial charge in [-0.25, -0.2) is 9.78 Å². The summed E-state index contributed by atoms with van der Waals surface area (Å²) < 4.78 is 12.1. The van der Waals surface area contributed by atoms with E-state index in [0.29, 0.717) is 18.7 Å². The Morgan fingerprint density at radius 1 is 1.21 bits per heavy atom. The van der Waals surface area contributed by atoms with Gasteiger partial charge in [0.2, 0.25) is 0 Å². The third-order valence-corrected chi connectivity index (χ3v) is 4.50. The summed E-state index contributed by atoms with van der Waals surface area (Å²) in [6, 6.07) is 9.81. The molecule has 1 aromatic heterocycles. The number of benzene rings is 1. The molecule has 1 heterocycles. The van der Waals surface area contributed by atoms with Crippen LogP contribution in [0, 0.1) is 5.92 Å². The number of hydrogen-bond donors (Lipinski definition) is 1. The Labute approximate surface area is 172 Å². The topological polar surface area (TPSA) is 82.5 Å². The van der Waals surface area contributed by atoms with E-state index >= 15 is 0 Å². The van der Waals surface area contributed by atoms with Gasteiger partial charge in [0.05, 0.1) is 19.1 Å². The highest BCUT2D eigenvalue weighted by Gasteiger charge is 2.30. The van der Waals surface area contributed by atoms with Crippen molar-refractivity contribution in [3.05, 3.63) is 48.5 Å². The average molecular weight is 402 g/mol. The monoisotopic (exact) mass is 401 g/mol. The van der Waals surface area contributed by atoms with Crippen LogP contribution in [-0.4, -0.2) is 40.9 Å². The Morgan fingerprint density at radius 2 is 1.90 bits per heavy atom. The molecule has 158 valence electrons. The lowest BCUT2D eigenvalue weighted by Gasteiger charge is -2.21. The largest absolute Gasteiger partial charge is 0.468 e. The number of carbonyl (C=O) groups excluding carboxylic acids is 2. The molecule has 0 aliphatic heterocycles. The summed E-state index contributed by atoms with van der Waals surface area (Å²) in [6.07, 6.45) is 4.58. The van der Waals surface area contributed by atoms with E-state index < -0.39 is 17.6 Å². The lowest BCUT2D eigenvalue weighted by Crippen LogP contribution is -2.33. The number of aromatic nitrogens is 2.